The van der Waals surface area contributed by atoms with E-state index in [4.69, 9.17) is 14.9 Å². The van der Waals surface area contributed by atoms with E-state index in [1.165, 1.54) is 28.4 Å². The summed E-state index contributed by atoms with van der Waals surface area (Å²) in [5, 5.41) is 19.4. The number of rotatable bonds is 3. The maximum absolute atomic E-state index is 13.2. The molecule has 0 bridgehead atoms. The number of hydrogen-bond donors (Lipinski definition) is 2. The van der Waals surface area contributed by atoms with E-state index in [1.807, 2.05) is 60.7 Å². The van der Waals surface area contributed by atoms with Gasteiger partial charge in [-0.1, -0.05) is 60.7 Å². The van der Waals surface area contributed by atoms with Crippen LogP contribution in [0.3, 0.4) is 0 Å². The highest BCUT2D eigenvalue weighted by atomic mass is 19.1. The summed E-state index contributed by atoms with van der Waals surface area (Å²) < 4.78 is 20.8. The number of aromatic nitrogens is 2. The molecule has 0 fully saturated rings. The van der Waals surface area contributed by atoms with Gasteiger partial charge in [0.05, 0.1) is 18.1 Å². The fourth-order valence-corrected chi connectivity index (χ4v) is 5.00. The minimum absolute atomic E-state index is 0.00646. The predicted molar refractivity (Wildman–Crippen MR) is 164 cm³/mol. The van der Waals surface area contributed by atoms with Crippen LogP contribution in [0.4, 0.5) is 14.0 Å². The number of carboxylic acid groups (broad SMARTS) is 2. The molecule has 222 valence electrons. The van der Waals surface area contributed by atoms with Gasteiger partial charge in [-0.15, -0.1) is 0 Å². The molecule has 7 rings (SSSR count). The van der Waals surface area contributed by atoms with Crippen LogP contribution in [-0.4, -0.2) is 49.5 Å². The van der Waals surface area contributed by atoms with E-state index in [2.05, 4.69) is 0 Å². The zero-order chi connectivity index (χ0) is 31.2. The smallest absolute Gasteiger partial charge is 0.415 e. The van der Waals surface area contributed by atoms with Crippen molar-refractivity contribution in [2.24, 2.45) is 0 Å². The highest BCUT2D eigenvalue weighted by molar-refractivity contribution is 5.98. The molecule has 1 amide bonds. The fourth-order valence-electron chi connectivity index (χ4n) is 5.00. The molecule has 44 heavy (non-hydrogen) atoms. The summed E-state index contributed by atoms with van der Waals surface area (Å²) in [6.07, 6.45) is 1.20. The molecule has 0 unspecified atom stereocenters. The standard InChI is InChI=1S/C16H14FNO2.2C9H7NO2/c1-20-15-8-13(17)7-6-12(15)10-18-9-11-4-2-3-5-14(11)16(18)19;2*11-9(12)10-6-5-7-3-1-2-4-8(7)10/h2-8H,9-10H2,1H3;2*1-6H,(H,11,12). The number of carbonyl (C=O) groups excluding carboxylic acids is 1. The van der Waals surface area contributed by atoms with Gasteiger partial charge in [0.1, 0.15) is 11.6 Å². The molecule has 1 aliphatic rings. The number of carbonyl (C=O) groups is 3. The van der Waals surface area contributed by atoms with Crippen molar-refractivity contribution >= 4 is 39.9 Å². The van der Waals surface area contributed by atoms with Gasteiger partial charge < -0.3 is 19.8 Å². The molecule has 0 spiro atoms. The van der Waals surface area contributed by atoms with Crippen molar-refractivity contribution in [1.29, 1.82) is 0 Å². The van der Waals surface area contributed by atoms with Crippen molar-refractivity contribution in [3.63, 3.8) is 0 Å². The average Bonchev–Trinajstić information content (AvgIpc) is 3.74. The Balaban J connectivity index is 0.000000138. The highest BCUT2D eigenvalue weighted by Crippen LogP contribution is 2.27. The molecule has 2 N–H and O–H groups in total. The Bertz CT molecular complexity index is 1890. The van der Waals surface area contributed by atoms with Gasteiger partial charge >= 0.3 is 12.2 Å². The van der Waals surface area contributed by atoms with Gasteiger partial charge in [-0.25, -0.2) is 14.0 Å². The second-order valence-corrected chi connectivity index (χ2v) is 9.83. The summed E-state index contributed by atoms with van der Waals surface area (Å²) in [4.78, 5) is 35.3. The maximum atomic E-state index is 13.2. The van der Waals surface area contributed by atoms with Crippen LogP contribution in [0.1, 0.15) is 21.5 Å². The lowest BCUT2D eigenvalue weighted by molar-refractivity contribution is 0.0765. The lowest BCUT2D eigenvalue weighted by Crippen LogP contribution is -2.23. The largest absolute Gasteiger partial charge is 0.496 e. The van der Waals surface area contributed by atoms with Crippen LogP contribution in [0.2, 0.25) is 0 Å². The van der Waals surface area contributed by atoms with E-state index >= 15 is 0 Å². The number of benzene rings is 4. The maximum Gasteiger partial charge on any atom is 0.415 e. The second kappa shape index (κ2) is 13.0. The Morgan fingerprint density at radius 1 is 0.773 bits per heavy atom. The third-order valence-corrected chi connectivity index (χ3v) is 7.12. The van der Waals surface area contributed by atoms with Gasteiger partial charge in [0.15, 0.2) is 0 Å². The first-order chi connectivity index (χ1) is 21.3. The summed E-state index contributed by atoms with van der Waals surface area (Å²) in [7, 11) is 1.50. The Kier molecular flexibility index (Phi) is 8.71. The molecule has 0 radical (unpaired) electrons. The summed E-state index contributed by atoms with van der Waals surface area (Å²) in [6.45, 7) is 0.993. The molecule has 4 aromatic carbocycles. The van der Waals surface area contributed by atoms with Gasteiger partial charge in [-0.2, -0.15) is 0 Å². The number of nitrogens with zero attached hydrogens (tertiary/aromatic N) is 3. The number of ether oxygens (including phenoxy) is 1. The lowest BCUT2D eigenvalue weighted by atomic mass is 10.1. The second-order valence-electron chi connectivity index (χ2n) is 9.83. The third kappa shape index (κ3) is 6.29. The highest BCUT2D eigenvalue weighted by Gasteiger charge is 2.27. The number of para-hydroxylation sites is 2. The van der Waals surface area contributed by atoms with Gasteiger partial charge in [0.2, 0.25) is 0 Å². The van der Waals surface area contributed by atoms with Crippen LogP contribution in [-0.2, 0) is 13.1 Å². The van der Waals surface area contributed by atoms with Crippen molar-refractivity contribution in [1.82, 2.24) is 14.0 Å². The van der Waals surface area contributed by atoms with E-state index < -0.39 is 12.2 Å². The van der Waals surface area contributed by atoms with Crippen LogP contribution in [0.5, 0.6) is 5.75 Å². The zero-order valence-corrected chi connectivity index (χ0v) is 23.6. The molecular formula is C34H28FN3O6. The van der Waals surface area contributed by atoms with Crippen LogP contribution >= 0.6 is 0 Å². The summed E-state index contributed by atoms with van der Waals surface area (Å²) in [6, 6.07) is 30.2. The van der Waals surface area contributed by atoms with Crippen molar-refractivity contribution in [3.8, 4) is 5.75 Å². The Morgan fingerprint density at radius 2 is 1.32 bits per heavy atom. The van der Waals surface area contributed by atoms with Crippen molar-refractivity contribution in [3.05, 3.63) is 138 Å². The Hall–Kier alpha value is -5.90. The fraction of sp³-hybridized carbons (Fsp3) is 0.0882. The number of amides is 1. The molecule has 10 heteroatoms. The molecule has 0 atom stereocenters. The van der Waals surface area contributed by atoms with E-state index in [9.17, 15) is 18.8 Å². The Labute approximate surface area is 251 Å². The Morgan fingerprint density at radius 3 is 1.86 bits per heavy atom. The van der Waals surface area contributed by atoms with Crippen LogP contribution in [0, 0.1) is 5.82 Å². The molecule has 6 aromatic rings. The first-order valence-electron chi connectivity index (χ1n) is 13.5. The van der Waals surface area contributed by atoms with E-state index in [0.717, 1.165) is 38.5 Å². The SMILES string of the molecule is COc1cc(F)ccc1CN1Cc2ccccc2C1=O.O=C(O)n1ccc2ccccc21.O=C(O)n1ccc2ccccc21. The summed E-state index contributed by atoms with van der Waals surface area (Å²) in [5.74, 6) is 0.127. The first-order valence-corrected chi connectivity index (χ1v) is 13.5. The summed E-state index contributed by atoms with van der Waals surface area (Å²) in [5.41, 5.74) is 4.03. The van der Waals surface area contributed by atoms with Crippen LogP contribution in [0.15, 0.2) is 116 Å². The van der Waals surface area contributed by atoms with Gasteiger partial charge in [-0.3, -0.25) is 13.9 Å². The number of hydrogen-bond acceptors (Lipinski definition) is 4. The molecular weight excluding hydrogens is 565 g/mol. The normalized spacial score (nSPS) is 11.8. The first kappa shape index (κ1) is 29.6. The van der Waals surface area contributed by atoms with Crippen molar-refractivity contribution in [2.75, 3.05) is 7.11 Å². The number of halogens is 1. The lowest BCUT2D eigenvalue weighted by Gasteiger charge is -2.17. The number of fused-ring (bicyclic) bond motifs is 3. The monoisotopic (exact) mass is 593 g/mol. The average molecular weight is 594 g/mol. The molecule has 0 saturated carbocycles. The minimum Gasteiger partial charge on any atom is -0.496 e. The van der Waals surface area contributed by atoms with E-state index in [-0.39, 0.29) is 11.7 Å². The predicted octanol–water partition coefficient (Wildman–Crippen LogP) is 7.33. The molecule has 0 saturated heterocycles. The molecule has 2 aromatic heterocycles. The van der Waals surface area contributed by atoms with Crippen molar-refractivity contribution in [2.45, 2.75) is 13.1 Å². The third-order valence-electron chi connectivity index (χ3n) is 7.12. The molecule has 1 aliphatic heterocycles. The van der Waals surface area contributed by atoms with Crippen LogP contribution < -0.4 is 4.74 Å². The van der Waals surface area contributed by atoms with Crippen LogP contribution in [0.25, 0.3) is 21.8 Å². The van der Waals surface area contributed by atoms with Gasteiger partial charge in [0, 0.05) is 53.4 Å². The molecule has 9 nitrogen and oxygen atoms in total. The van der Waals surface area contributed by atoms with Crippen molar-refractivity contribution < 1.29 is 33.7 Å². The van der Waals surface area contributed by atoms with Gasteiger partial charge in [0.25, 0.3) is 5.91 Å². The number of methoxy groups -OCH3 is 1. The zero-order valence-electron chi connectivity index (χ0n) is 23.6. The van der Waals surface area contributed by atoms with E-state index in [0.29, 0.717) is 18.8 Å². The quantitative estimate of drug-likeness (QED) is 0.222. The minimum atomic E-state index is -0.948. The molecule has 3 heterocycles. The molecule has 0 aliphatic carbocycles. The van der Waals surface area contributed by atoms with E-state index in [1.54, 1.807) is 47.6 Å². The van der Waals surface area contributed by atoms with Gasteiger partial charge in [-0.05, 0) is 42.0 Å². The topological polar surface area (TPSA) is 114 Å². The summed E-state index contributed by atoms with van der Waals surface area (Å²) >= 11 is 0.